The van der Waals surface area contributed by atoms with E-state index in [4.69, 9.17) is 27.9 Å². The summed E-state index contributed by atoms with van der Waals surface area (Å²) in [4.78, 5) is 22.8. The van der Waals surface area contributed by atoms with Gasteiger partial charge in [0.15, 0.2) is 17.6 Å². The minimum atomic E-state index is -0.799. The zero-order valence-corrected chi connectivity index (χ0v) is 18.0. The molecular weight excluding hydrogens is 467 g/mol. The second-order valence-electron chi connectivity index (χ2n) is 6.40. The van der Waals surface area contributed by atoms with E-state index < -0.39 is 17.5 Å². The number of aromatic nitrogens is 2. The Labute approximate surface area is 189 Å². The van der Waals surface area contributed by atoms with Gasteiger partial charge >= 0.3 is 0 Å². The summed E-state index contributed by atoms with van der Waals surface area (Å²) in [5, 5.41) is 0.888. The van der Waals surface area contributed by atoms with Crippen molar-refractivity contribution in [2.45, 2.75) is 6.54 Å². The number of nitrogens with zero attached hydrogens (tertiary/aromatic N) is 3. The molecule has 0 bridgehead atoms. The van der Waals surface area contributed by atoms with Crippen LogP contribution in [0.3, 0.4) is 0 Å². The largest absolute Gasteiger partial charge is 0.482 e. The van der Waals surface area contributed by atoms with Crippen LogP contribution in [0.15, 0.2) is 54.7 Å². The van der Waals surface area contributed by atoms with Crippen LogP contribution in [0.4, 0.5) is 13.9 Å². The molecular formula is C21H13Cl2F2N3O2S. The quantitative estimate of drug-likeness (QED) is 0.346. The van der Waals surface area contributed by atoms with Gasteiger partial charge < -0.3 is 4.74 Å². The molecule has 0 unspecified atom stereocenters. The highest BCUT2D eigenvalue weighted by molar-refractivity contribution is 7.22. The van der Waals surface area contributed by atoms with Crippen molar-refractivity contribution >= 4 is 55.8 Å². The molecule has 2 heterocycles. The van der Waals surface area contributed by atoms with Gasteiger partial charge in [-0.2, -0.15) is 0 Å². The summed E-state index contributed by atoms with van der Waals surface area (Å²) in [7, 11) is 0. The average Bonchev–Trinajstić information content (AvgIpc) is 3.16. The number of anilines is 1. The molecule has 0 aliphatic rings. The first-order valence-electron chi connectivity index (χ1n) is 8.94. The van der Waals surface area contributed by atoms with E-state index in [0.29, 0.717) is 10.7 Å². The second-order valence-corrected chi connectivity index (χ2v) is 8.25. The van der Waals surface area contributed by atoms with Crippen molar-refractivity contribution in [1.29, 1.82) is 0 Å². The van der Waals surface area contributed by atoms with Crippen molar-refractivity contribution in [3.8, 4) is 5.75 Å². The van der Waals surface area contributed by atoms with Crippen LogP contribution in [0.5, 0.6) is 5.75 Å². The van der Waals surface area contributed by atoms with Gasteiger partial charge in [-0.15, -0.1) is 0 Å². The number of benzene rings is 2. The molecule has 0 aliphatic heterocycles. The van der Waals surface area contributed by atoms with E-state index in [2.05, 4.69) is 9.97 Å². The molecule has 10 heteroatoms. The number of carbonyl (C=O) groups is 1. The summed E-state index contributed by atoms with van der Waals surface area (Å²) >= 11 is 13.0. The number of thiazole rings is 1. The third-order valence-corrected chi connectivity index (χ3v) is 5.78. The van der Waals surface area contributed by atoms with Crippen LogP contribution in [0.2, 0.25) is 10.0 Å². The highest BCUT2D eigenvalue weighted by Gasteiger charge is 2.23. The molecule has 1 amide bonds. The van der Waals surface area contributed by atoms with Gasteiger partial charge in [0.05, 0.1) is 22.0 Å². The summed E-state index contributed by atoms with van der Waals surface area (Å²) in [5.41, 5.74) is 0.577. The standard InChI is InChI=1S/C21H13Cl2F2N3O2S/c22-12-4-5-17(15(23)7-12)30-11-19(29)28(10-14-3-1-2-6-26-14)21-27-20-16(25)8-13(24)9-18(20)31-21/h1-9H,10-11H2. The number of amides is 1. The molecule has 2 aromatic heterocycles. The molecule has 0 fully saturated rings. The fourth-order valence-corrected chi connectivity index (χ4v) is 4.27. The molecule has 0 N–H and O–H groups in total. The Morgan fingerprint density at radius 3 is 2.71 bits per heavy atom. The highest BCUT2D eigenvalue weighted by atomic mass is 35.5. The monoisotopic (exact) mass is 479 g/mol. The second kappa shape index (κ2) is 9.13. The fraction of sp³-hybridized carbons (Fsp3) is 0.0952. The highest BCUT2D eigenvalue weighted by Crippen LogP contribution is 2.32. The Hall–Kier alpha value is -2.81. The predicted molar refractivity (Wildman–Crippen MR) is 117 cm³/mol. The smallest absolute Gasteiger partial charge is 0.267 e. The van der Waals surface area contributed by atoms with E-state index in [1.165, 1.54) is 17.0 Å². The Bertz CT molecular complexity index is 1250. The average molecular weight is 480 g/mol. The van der Waals surface area contributed by atoms with Crippen LogP contribution in [-0.2, 0) is 11.3 Å². The normalized spacial score (nSPS) is 11.0. The first-order chi connectivity index (χ1) is 14.9. The zero-order chi connectivity index (χ0) is 22.0. The Balaban J connectivity index is 1.64. The molecule has 158 valence electrons. The number of pyridine rings is 1. The van der Waals surface area contributed by atoms with Crippen molar-refractivity contribution in [2.75, 3.05) is 11.5 Å². The van der Waals surface area contributed by atoms with E-state index in [0.717, 1.165) is 17.4 Å². The van der Waals surface area contributed by atoms with Gasteiger partial charge in [-0.25, -0.2) is 13.8 Å². The third kappa shape index (κ3) is 4.92. The number of hydrogen-bond donors (Lipinski definition) is 0. The lowest BCUT2D eigenvalue weighted by Gasteiger charge is -2.20. The van der Waals surface area contributed by atoms with Crippen LogP contribution in [-0.4, -0.2) is 22.5 Å². The van der Waals surface area contributed by atoms with Gasteiger partial charge in [0.2, 0.25) is 0 Å². The number of hydrogen-bond acceptors (Lipinski definition) is 5. The van der Waals surface area contributed by atoms with E-state index in [9.17, 15) is 13.6 Å². The number of halogens is 4. The molecule has 0 spiro atoms. The Morgan fingerprint density at radius 2 is 1.97 bits per heavy atom. The molecule has 5 nitrogen and oxygen atoms in total. The molecule has 0 aliphatic carbocycles. The first kappa shape index (κ1) is 21.4. The number of fused-ring (bicyclic) bond motifs is 1. The number of rotatable bonds is 6. The molecule has 0 radical (unpaired) electrons. The van der Waals surface area contributed by atoms with Crippen LogP contribution in [0, 0.1) is 11.6 Å². The molecule has 2 aromatic carbocycles. The van der Waals surface area contributed by atoms with Gasteiger partial charge in [0.25, 0.3) is 5.91 Å². The molecule has 4 rings (SSSR count). The van der Waals surface area contributed by atoms with E-state index >= 15 is 0 Å². The molecule has 31 heavy (non-hydrogen) atoms. The molecule has 0 atom stereocenters. The SMILES string of the molecule is O=C(COc1ccc(Cl)cc1Cl)N(Cc1ccccn1)c1nc2c(F)cc(F)cc2s1. The maximum absolute atomic E-state index is 14.1. The van der Waals surface area contributed by atoms with Gasteiger partial charge in [0, 0.05) is 17.3 Å². The lowest BCUT2D eigenvalue weighted by atomic mass is 10.3. The summed E-state index contributed by atoms with van der Waals surface area (Å²) in [6.45, 7) is -0.289. The first-order valence-corrected chi connectivity index (χ1v) is 10.5. The fourth-order valence-electron chi connectivity index (χ4n) is 2.79. The minimum Gasteiger partial charge on any atom is -0.482 e. The number of ether oxygens (including phenoxy) is 1. The van der Waals surface area contributed by atoms with Gasteiger partial charge in [-0.05, 0) is 36.4 Å². The van der Waals surface area contributed by atoms with Crippen molar-refractivity contribution in [2.24, 2.45) is 0 Å². The van der Waals surface area contributed by atoms with E-state index in [1.807, 2.05) is 0 Å². The lowest BCUT2D eigenvalue weighted by molar-refractivity contribution is -0.120. The topological polar surface area (TPSA) is 55.3 Å². The summed E-state index contributed by atoms with van der Waals surface area (Å²) in [6.07, 6.45) is 1.59. The summed E-state index contributed by atoms with van der Waals surface area (Å²) in [5.74, 6) is -1.69. The van der Waals surface area contributed by atoms with Crippen LogP contribution < -0.4 is 9.64 Å². The molecule has 4 aromatic rings. The van der Waals surface area contributed by atoms with Gasteiger partial charge in [-0.1, -0.05) is 40.6 Å². The van der Waals surface area contributed by atoms with Gasteiger partial charge in [-0.3, -0.25) is 14.7 Å². The van der Waals surface area contributed by atoms with Crippen LogP contribution in [0.1, 0.15) is 5.69 Å². The lowest BCUT2D eigenvalue weighted by Crippen LogP contribution is -2.34. The van der Waals surface area contributed by atoms with Crippen LogP contribution in [0.25, 0.3) is 10.2 Å². The van der Waals surface area contributed by atoms with E-state index in [1.54, 1.807) is 36.5 Å². The number of carbonyl (C=O) groups excluding carboxylic acids is 1. The Morgan fingerprint density at radius 1 is 1.13 bits per heavy atom. The maximum Gasteiger partial charge on any atom is 0.267 e. The molecule has 0 saturated carbocycles. The molecule has 0 saturated heterocycles. The third-order valence-electron chi connectivity index (χ3n) is 4.23. The van der Waals surface area contributed by atoms with Crippen molar-refractivity contribution in [3.05, 3.63) is 82.1 Å². The minimum absolute atomic E-state index is 0.0121. The summed E-state index contributed by atoms with van der Waals surface area (Å²) in [6, 6.07) is 11.8. The van der Waals surface area contributed by atoms with Crippen molar-refractivity contribution in [1.82, 2.24) is 9.97 Å². The maximum atomic E-state index is 14.1. The van der Waals surface area contributed by atoms with Crippen molar-refractivity contribution in [3.63, 3.8) is 0 Å². The van der Waals surface area contributed by atoms with Crippen LogP contribution >= 0.6 is 34.5 Å². The van der Waals surface area contributed by atoms with Gasteiger partial charge in [0.1, 0.15) is 17.1 Å². The Kier molecular flexibility index (Phi) is 6.31. The zero-order valence-electron chi connectivity index (χ0n) is 15.7. The van der Waals surface area contributed by atoms with E-state index in [-0.39, 0.29) is 39.3 Å². The van der Waals surface area contributed by atoms with Crippen molar-refractivity contribution < 1.29 is 18.3 Å². The summed E-state index contributed by atoms with van der Waals surface area (Å²) < 4.78 is 33.6. The predicted octanol–water partition coefficient (Wildman–Crippen LogP) is 5.89.